The number of carbonyl (C=O) groups is 2. The van der Waals surface area contributed by atoms with Gasteiger partial charge in [-0.3, -0.25) is 4.79 Å². The summed E-state index contributed by atoms with van der Waals surface area (Å²) in [4.78, 5) is 22.6. The summed E-state index contributed by atoms with van der Waals surface area (Å²) in [6.45, 7) is 6.99. The number of carboxylic acids is 1. The van der Waals surface area contributed by atoms with E-state index < -0.39 is 17.9 Å². The smallest absolute Gasteiger partial charge is 0.258 e. The summed E-state index contributed by atoms with van der Waals surface area (Å²) in [6.07, 6.45) is 0. The molecule has 1 N–H and O–H groups in total. The molecule has 110 valence electrons. The van der Waals surface area contributed by atoms with Gasteiger partial charge in [-0.1, -0.05) is 26.0 Å². The summed E-state index contributed by atoms with van der Waals surface area (Å²) in [7, 11) is 0. The van der Waals surface area contributed by atoms with E-state index >= 15 is 0 Å². The van der Waals surface area contributed by atoms with E-state index in [1.54, 1.807) is 13.8 Å². The maximum atomic E-state index is 11.7. The maximum absolute atomic E-state index is 11.7. The maximum Gasteiger partial charge on any atom is 0.258 e. The molecule has 0 radical (unpaired) electrons. The summed E-state index contributed by atoms with van der Waals surface area (Å²) in [6, 6.07) is 4.68. The van der Waals surface area contributed by atoms with Crippen molar-refractivity contribution < 1.29 is 19.4 Å². The first-order valence-electron chi connectivity index (χ1n) is 6.51. The number of ether oxygens (including phenoxy) is 1. The Morgan fingerprint density at radius 1 is 1.30 bits per heavy atom. The Balaban J connectivity index is 2.59. The Morgan fingerprint density at radius 2 is 1.95 bits per heavy atom. The van der Waals surface area contributed by atoms with Gasteiger partial charge in [-0.25, -0.2) is 0 Å². The number of amides is 1. The fourth-order valence-corrected chi connectivity index (χ4v) is 1.72. The number of carbonyl (C=O) groups excluding carboxylic acids is 2. The highest BCUT2D eigenvalue weighted by molar-refractivity contribution is 5.83. The van der Waals surface area contributed by atoms with Gasteiger partial charge in [0.1, 0.15) is 5.75 Å². The van der Waals surface area contributed by atoms with E-state index in [1.165, 1.54) is 0 Å². The van der Waals surface area contributed by atoms with Crippen molar-refractivity contribution in [1.82, 2.24) is 5.32 Å². The Hall–Kier alpha value is -2.04. The van der Waals surface area contributed by atoms with E-state index in [4.69, 9.17) is 4.74 Å². The van der Waals surface area contributed by atoms with Crippen LogP contribution in [0.1, 0.15) is 25.0 Å². The van der Waals surface area contributed by atoms with Crippen molar-refractivity contribution in [2.45, 2.75) is 33.7 Å². The second-order valence-electron chi connectivity index (χ2n) is 5.17. The third-order valence-electron chi connectivity index (χ3n) is 2.94. The second-order valence-corrected chi connectivity index (χ2v) is 5.17. The summed E-state index contributed by atoms with van der Waals surface area (Å²) in [5.41, 5.74) is 1.95. The van der Waals surface area contributed by atoms with E-state index in [1.807, 2.05) is 32.0 Å². The Kier molecular flexibility index (Phi) is 5.55. The van der Waals surface area contributed by atoms with Gasteiger partial charge in [0, 0.05) is 0 Å². The van der Waals surface area contributed by atoms with Gasteiger partial charge >= 0.3 is 0 Å². The molecule has 1 amide bonds. The van der Waals surface area contributed by atoms with E-state index in [0.717, 1.165) is 11.1 Å². The lowest BCUT2D eigenvalue weighted by Crippen LogP contribution is -2.51. The first-order valence-corrected chi connectivity index (χ1v) is 6.51. The molecule has 20 heavy (non-hydrogen) atoms. The van der Waals surface area contributed by atoms with Crippen LogP contribution in [0.4, 0.5) is 0 Å². The summed E-state index contributed by atoms with van der Waals surface area (Å²) in [5, 5.41) is 13.3. The zero-order chi connectivity index (χ0) is 15.3. The molecule has 0 aliphatic heterocycles. The molecule has 0 saturated carbocycles. The molecule has 0 bridgehead atoms. The Bertz CT molecular complexity index is 497. The summed E-state index contributed by atoms with van der Waals surface area (Å²) in [5.74, 6) is -1.40. The normalized spacial score (nSPS) is 12.1. The first-order chi connectivity index (χ1) is 9.31. The molecule has 1 rings (SSSR count). The predicted octanol–water partition coefficient (Wildman–Crippen LogP) is 0.573. The molecule has 0 aromatic heterocycles. The van der Waals surface area contributed by atoms with Crippen molar-refractivity contribution in [3.05, 3.63) is 29.3 Å². The van der Waals surface area contributed by atoms with Gasteiger partial charge in [0.05, 0.1) is 12.0 Å². The van der Waals surface area contributed by atoms with Crippen LogP contribution < -0.4 is 15.2 Å². The van der Waals surface area contributed by atoms with Crippen LogP contribution in [0.3, 0.4) is 0 Å². The summed E-state index contributed by atoms with van der Waals surface area (Å²) < 4.78 is 5.41. The van der Waals surface area contributed by atoms with E-state index in [-0.39, 0.29) is 12.5 Å². The number of rotatable bonds is 6. The lowest BCUT2D eigenvalue weighted by atomic mass is 10.1. The van der Waals surface area contributed by atoms with E-state index in [9.17, 15) is 14.7 Å². The van der Waals surface area contributed by atoms with Crippen molar-refractivity contribution >= 4 is 11.9 Å². The molecule has 0 unspecified atom stereocenters. The lowest BCUT2D eigenvalue weighted by Gasteiger charge is -2.23. The third-order valence-corrected chi connectivity index (χ3v) is 2.94. The molecule has 0 spiro atoms. The molecule has 1 atom stereocenters. The van der Waals surface area contributed by atoms with Gasteiger partial charge in [0.25, 0.3) is 5.91 Å². The average molecular weight is 278 g/mol. The zero-order valence-electron chi connectivity index (χ0n) is 12.2. The van der Waals surface area contributed by atoms with Crippen LogP contribution in [-0.2, 0) is 9.59 Å². The number of hydrogen-bond donors (Lipinski definition) is 1. The van der Waals surface area contributed by atoms with Crippen LogP contribution >= 0.6 is 0 Å². The van der Waals surface area contributed by atoms with Crippen LogP contribution in [0.15, 0.2) is 18.2 Å². The summed E-state index contributed by atoms with van der Waals surface area (Å²) >= 11 is 0. The van der Waals surface area contributed by atoms with E-state index in [2.05, 4.69) is 5.32 Å². The Labute approximate surface area is 118 Å². The number of benzene rings is 1. The van der Waals surface area contributed by atoms with Gasteiger partial charge in [0.2, 0.25) is 0 Å². The second kappa shape index (κ2) is 6.93. The molecule has 0 fully saturated rings. The largest absolute Gasteiger partial charge is 0.548 e. The van der Waals surface area contributed by atoms with Crippen LogP contribution in [0.2, 0.25) is 0 Å². The number of carboxylic acid groups (broad SMARTS) is 1. The van der Waals surface area contributed by atoms with E-state index in [0.29, 0.717) is 5.75 Å². The van der Waals surface area contributed by atoms with Crippen molar-refractivity contribution in [3.63, 3.8) is 0 Å². The highest BCUT2D eigenvalue weighted by Gasteiger charge is 2.17. The zero-order valence-corrected chi connectivity index (χ0v) is 12.2. The Morgan fingerprint density at radius 3 is 2.50 bits per heavy atom. The predicted molar refractivity (Wildman–Crippen MR) is 73.2 cm³/mol. The highest BCUT2D eigenvalue weighted by Crippen LogP contribution is 2.18. The lowest BCUT2D eigenvalue weighted by molar-refractivity contribution is -0.309. The monoisotopic (exact) mass is 278 g/mol. The van der Waals surface area contributed by atoms with Crippen LogP contribution in [0.25, 0.3) is 0 Å². The molecule has 0 heterocycles. The molecule has 0 aliphatic carbocycles. The minimum Gasteiger partial charge on any atom is -0.548 e. The quantitative estimate of drug-likeness (QED) is 0.825. The molecule has 0 aliphatic rings. The van der Waals surface area contributed by atoms with Crippen molar-refractivity contribution in [3.8, 4) is 5.75 Å². The van der Waals surface area contributed by atoms with Gasteiger partial charge in [-0.15, -0.1) is 0 Å². The third kappa shape index (κ3) is 4.57. The van der Waals surface area contributed by atoms with Gasteiger partial charge in [-0.2, -0.15) is 0 Å². The highest BCUT2D eigenvalue weighted by atomic mass is 16.5. The van der Waals surface area contributed by atoms with Crippen LogP contribution in [-0.4, -0.2) is 24.5 Å². The van der Waals surface area contributed by atoms with Crippen LogP contribution in [0, 0.1) is 19.8 Å². The average Bonchev–Trinajstić information content (AvgIpc) is 2.36. The number of aryl methyl sites for hydroxylation is 2. The molecule has 1 aromatic carbocycles. The number of hydrogen-bond acceptors (Lipinski definition) is 4. The molecular formula is C15H20NO4-. The molecule has 5 heteroatoms. The molecule has 0 saturated heterocycles. The van der Waals surface area contributed by atoms with Gasteiger partial charge in [-0.05, 0) is 37.0 Å². The van der Waals surface area contributed by atoms with Crippen molar-refractivity contribution in [2.75, 3.05) is 6.61 Å². The topological polar surface area (TPSA) is 78.5 Å². The SMILES string of the molecule is Cc1ccc(C)c(OCC(=O)N[C@H](C(=O)[O-])C(C)C)c1. The number of aliphatic carboxylic acids is 1. The standard InChI is InChI=1S/C15H21NO4/c1-9(2)14(15(18)19)16-13(17)8-20-12-7-10(3)5-6-11(12)4/h5-7,9,14H,8H2,1-4H3,(H,16,17)(H,18,19)/p-1/t14-/m0/s1. The minimum absolute atomic E-state index is 0.221. The number of nitrogens with one attached hydrogen (secondary N) is 1. The van der Waals surface area contributed by atoms with Gasteiger partial charge < -0.3 is 20.0 Å². The van der Waals surface area contributed by atoms with Crippen molar-refractivity contribution in [2.24, 2.45) is 5.92 Å². The van der Waals surface area contributed by atoms with Gasteiger partial charge in [0.15, 0.2) is 6.61 Å². The minimum atomic E-state index is -1.29. The fourth-order valence-electron chi connectivity index (χ4n) is 1.72. The fraction of sp³-hybridized carbons (Fsp3) is 0.467. The molecule has 1 aromatic rings. The molecule has 5 nitrogen and oxygen atoms in total. The van der Waals surface area contributed by atoms with Crippen molar-refractivity contribution in [1.29, 1.82) is 0 Å². The first kappa shape index (κ1) is 16.0. The van der Waals surface area contributed by atoms with Crippen LogP contribution in [0.5, 0.6) is 5.75 Å². The molecular weight excluding hydrogens is 258 g/mol.